The van der Waals surface area contributed by atoms with Crippen molar-refractivity contribution in [3.8, 4) is 17.2 Å². The van der Waals surface area contributed by atoms with E-state index in [-0.39, 0.29) is 11.3 Å². The van der Waals surface area contributed by atoms with Crippen molar-refractivity contribution < 1.29 is 19.0 Å². The number of hydrogen-bond acceptors (Lipinski definition) is 6. The first kappa shape index (κ1) is 19.8. The number of rotatable bonds is 5. The van der Waals surface area contributed by atoms with Gasteiger partial charge in [-0.1, -0.05) is 20.8 Å². The van der Waals surface area contributed by atoms with E-state index in [4.69, 9.17) is 14.2 Å². The molecule has 0 saturated heterocycles. The molecule has 0 aliphatic heterocycles. The van der Waals surface area contributed by atoms with Crippen LogP contribution >= 0.6 is 11.3 Å². The predicted molar refractivity (Wildman–Crippen MR) is 103 cm³/mol. The average molecular weight is 377 g/mol. The van der Waals surface area contributed by atoms with Crippen LogP contribution < -0.4 is 29.0 Å². The van der Waals surface area contributed by atoms with Crippen molar-refractivity contribution in [1.29, 1.82) is 0 Å². The Labute approximate surface area is 155 Å². The number of nitrogens with one attached hydrogen (secondary N) is 1. The standard InChI is InChI=1S/C19H23NO5S/c1-19(2,3)15(21)10-16-20-18(22)14(26-16)9-11-7-12(23-4)17(25-6)13(8-11)24-5/h7-10H,1-6H3,(H,20,22)/b14-9+,16-10+. The summed E-state index contributed by atoms with van der Waals surface area (Å²) in [6.45, 7) is 5.50. The first-order valence-corrected chi connectivity index (χ1v) is 8.78. The molecule has 0 aliphatic carbocycles. The van der Waals surface area contributed by atoms with Crippen molar-refractivity contribution in [2.45, 2.75) is 20.8 Å². The molecule has 26 heavy (non-hydrogen) atoms. The van der Waals surface area contributed by atoms with E-state index in [0.29, 0.717) is 26.4 Å². The second-order valence-corrected chi connectivity index (χ2v) is 7.73. The largest absolute Gasteiger partial charge is 0.493 e. The van der Waals surface area contributed by atoms with Crippen molar-refractivity contribution in [3.05, 3.63) is 37.2 Å². The molecule has 140 valence electrons. The Kier molecular flexibility index (Phi) is 5.92. The lowest BCUT2D eigenvalue weighted by Gasteiger charge is -2.12. The smallest absolute Gasteiger partial charge is 0.266 e. The summed E-state index contributed by atoms with van der Waals surface area (Å²) in [5.41, 5.74) is -0.0289. The van der Waals surface area contributed by atoms with Crippen LogP contribution in [0.1, 0.15) is 26.3 Å². The molecule has 0 radical (unpaired) electrons. The summed E-state index contributed by atoms with van der Waals surface area (Å²) in [7, 11) is 4.59. The zero-order valence-electron chi connectivity index (χ0n) is 15.8. The van der Waals surface area contributed by atoms with Gasteiger partial charge in [-0.2, -0.15) is 0 Å². The SMILES string of the molecule is COc1cc(/C=c2/s/c(=C/C(=O)C(C)(C)C)[nH]c2=O)cc(OC)c1OC. The Hall–Kier alpha value is -2.54. The lowest BCUT2D eigenvalue weighted by atomic mass is 9.91. The maximum atomic E-state index is 12.2. The maximum Gasteiger partial charge on any atom is 0.266 e. The highest BCUT2D eigenvalue weighted by molar-refractivity contribution is 7.07. The van der Waals surface area contributed by atoms with E-state index in [2.05, 4.69) is 4.98 Å². The third-order valence-corrected chi connectivity index (χ3v) is 4.63. The number of H-pyrrole nitrogens is 1. The van der Waals surface area contributed by atoms with Crippen LogP contribution in [0.4, 0.5) is 0 Å². The van der Waals surface area contributed by atoms with Gasteiger partial charge in [0.15, 0.2) is 17.3 Å². The van der Waals surface area contributed by atoms with E-state index in [1.54, 1.807) is 18.2 Å². The topological polar surface area (TPSA) is 77.6 Å². The van der Waals surface area contributed by atoms with Crippen molar-refractivity contribution in [2.24, 2.45) is 5.41 Å². The van der Waals surface area contributed by atoms with E-state index in [0.717, 1.165) is 5.56 Å². The van der Waals surface area contributed by atoms with Gasteiger partial charge >= 0.3 is 0 Å². The molecular formula is C19H23NO5S. The number of ether oxygens (including phenoxy) is 3. The van der Waals surface area contributed by atoms with E-state index >= 15 is 0 Å². The van der Waals surface area contributed by atoms with E-state index < -0.39 is 5.41 Å². The summed E-state index contributed by atoms with van der Waals surface area (Å²) in [6, 6.07) is 3.51. The minimum absolute atomic E-state index is 0.0469. The predicted octanol–water partition coefficient (Wildman–Crippen LogP) is 1.69. The molecule has 0 unspecified atom stereocenters. The molecule has 0 atom stereocenters. The van der Waals surface area contributed by atoms with Gasteiger partial charge in [-0.05, 0) is 23.8 Å². The van der Waals surface area contributed by atoms with Gasteiger partial charge in [0.1, 0.15) is 0 Å². The highest BCUT2D eigenvalue weighted by Crippen LogP contribution is 2.38. The minimum atomic E-state index is -0.499. The number of benzene rings is 1. The van der Waals surface area contributed by atoms with E-state index in [1.165, 1.54) is 38.7 Å². The number of carbonyl (C=O) groups is 1. The van der Waals surface area contributed by atoms with Crippen LogP contribution in [0.15, 0.2) is 16.9 Å². The minimum Gasteiger partial charge on any atom is -0.493 e. The highest BCUT2D eigenvalue weighted by Gasteiger charge is 2.18. The normalized spacial score (nSPS) is 13.0. The van der Waals surface area contributed by atoms with Gasteiger partial charge in [0.25, 0.3) is 5.56 Å². The first-order chi connectivity index (χ1) is 12.2. The quantitative estimate of drug-likeness (QED) is 0.858. The Morgan fingerprint density at radius 3 is 2.12 bits per heavy atom. The maximum absolute atomic E-state index is 12.2. The molecule has 1 aromatic heterocycles. The first-order valence-electron chi connectivity index (χ1n) is 7.96. The van der Waals surface area contributed by atoms with E-state index in [1.807, 2.05) is 20.8 Å². The second-order valence-electron chi connectivity index (χ2n) is 6.65. The van der Waals surface area contributed by atoms with Gasteiger partial charge in [0.05, 0.1) is 30.5 Å². The molecule has 2 rings (SSSR count). The molecule has 1 aromatic carbocycles. The van der Waals surface area contributed by atoms with Gasteiger partial charge in [-0.15, -0.1) is 11.3 Å². The Bertz CT molecular complexity index is 954. The number of hydrogen-bond donors (Lipinski definition) is 1. The van der Waals surface area contributed by atoms with Crippen LogP contribution in [-0.2, 0) is 4.79 Å². The molecule has 1 N–H and O–H groups in total. The van der Waals surface area contributed by atoms with Gasteiger partial charge < -0.3 is 19.2 Å². The van der Waals surface area contributed by atoms with Crippen LogP contribution in [0.3, 0.4) is 0 Å². The molecule has 6 nitrogen and oxygen atoms in total. The lowest BCUT2D eigenvalue weighted by molar-refractivity contribution is -0.119. The van der Waals surface area contributed by atoms with E-state index in [9.17, 15) is 9.59 Å². The highest BCUT2D eigenvalue weighted by atomic mass is 32.1. The fourth-order valence-corrected chi connectivity index (χ4v) is 3.08. The van der Waals surface area contributed by atoms with Crippen molar-refractivity contribution in [1.82, 2.24) is 4.98 Å². The van der Waals surface area contributed by atoms with Gasteiger partial charge in [-0.3, -0.25) is 9.59 Å². The van der Waals surface area contributed by atoms with Crippen molar-refractivity contribution in [3.63, 3.8) is 0 Å². The number of methoxy groups -OCH3 is 3. The number of thiazole rings is 1. The fourth-order valence-electron chi connectivity index (χ4n) is 2.20. The summed E-state index contributed by atoms with van der Waals surface area (Å²) in [6.07, 6.45) is 3.19. The zero-order valence-corrected chi connectivity index (χ0v) is 16.6. The van der Waals surface area contributed by atoms with Crippen LogP contribution in [-0.4, -0.2) is 32.1 Å². The fraction of sp³-hybridized carbons (Fsp3) is 0.368. The van der Waals surface area contributed by atoms with Crippen LogP contribution in [0, 0.1) is 5.41 Å². The van der Waals surface area contributed by atoms with Crippen LogP contribution in [0.25, 0.3) is 12.2 Å². The molecule has 2 aromatic rings. The molecule has 0 bridgehead atoms. The van der Waals surface area contributed by atoms with Crippen LogP contribution in [0.2, 0.25) is 0 Å². The summed E-state index contributed by atoms with van der Waals surface area (Å²) in [5.74, 6) is 1.44. The second kappa shape index (κ2) is 7.78. The number of Topliss-reactive ketones (excluding diaryl/α,β-unsaturated/α-hetero) is 1. The number of aromatic nitrogens is 1. The Morgan fingerprint density at radius 2 is 1.65 bits per heavy atom. The number of aromatic amines is 1. The number of ketones is 1. The molecule has 0 aliphatic rings. The molecule has 7 heteroatoms. The molecule has 0 amide bonds. The summed E-state index contributed by atoms with van der Waals surface area (Å²) >= 11 is 1.22. The molecule has 1 heterocycles. The zero-order chi connectivity index (χ0) is 19.5. The molecule has 0 fully saturated rings. The summed E-state index contributed by atoms with van der Waals surface area (Å²) in [4.78, 5) is 27.1. The van der Waals surface area contributed by atoms with Crippen molar-refractivity contribution in [2.75, 3.05) is 21.3 Å². The molecular weight excluding hydrogens is 354 g/mol. The average Bonchev–Trinajstić information content (AvgIpc) is 2.92. The Morgan fingerprint density at radius 1 is 1.08 bits per heavy atom. The molecule has 0 spiro atoms. The monoisotopic (exact) mass is 377 g/mol. The lowest BCUT2D eigenvalue weighted by Crippen LogP contribution is -2.22. The third kappa shape index (κ3) is 4.35. The van der Waals surface area contributed by atoms with Gasteiger partial charge in [0.2, 0.25) is 5.75 Å². The third-order valence-electron chi connectivity index (χ3n) is 3.67. The molecule has 0 saturated carbocycles. The van der Waals surface area contributed by atoms with Gasteiger partial charge in [-0.25, -0.2) is 0 Å². The van der Waals surface area contributed by atoms with Crippen LogP contribution in [0.5, 0.6) is 17.2 Å². The van der Waals surface area contributed by atoms with Crippen molar-refractivity contribution >= 4 is 29.3 Å². The van der Waals surface area contributed by atoms with Gasteiger partial charge in [0, 0.05) is 11.5 Å². The summed E-state index contributed by atoms with van der Waals surface area (Å²) in [5, 5.41) is 0. The summed E-state index contributed by atoms with van der Waals surface area (Å²) < 4.78 is 16.9. The number of carbonyl (C=O) groups excluding carboxylic acids is 1. The Balaban J connectivity index is 2.57.